The van der Waals surface area contributed by atoms with Gasteiger partial charge in [-0.15, -0.1) is 5.10 Å². The van der Waals surface area contributed by atoms with Crippen LogP contribution in [0.3, 0.4) is 0 Å². The molecule has 4 nitrogen and oxygen atoms in total. The molecular formula is C13H22N4. The molecule has 94 valence electrons. The van der Waals surface area contributed by atoms with E-state index in [1.165, 1.54) is 18.4 Å². The number of anilines is 1. The second-order valence-electron chi connectivity index (χ2n) is 4.83. The molecule has 0 aromatic carbocycles. The van der Waals surface area contributed by atoms with E-state index in [1.54, 1.807) is 6.20 Å². The summed E-state index contributed by atoms with van der Waals surface area (Å²) >= 11 is 0. The number of hydrogen-bond donors (Lipinski definition) is 1. The van der Waals surface area contributed by atoms with E-state index in [9.17, 15) is 0 Å². The first-order valence-corrected chi connectivity index (χ1v) is 6.54. The predicted octanol–water partition coefficient (Wildman–Crippen LogP) is 1.61. The summed E-state index contributed by atoms with van der Waals surface area (Å²) in [6, 6.07) is 2.12. The topological polar surface area (TPSA) is 41.0 Å². The molecule has 0 aliphatic carbocycles. The number of nitrogens with zero attached hydrogens (tertiary/aromatic N) is 3. The highest BCUT2D eigenvalue weighted by atomic mass is 15.3. The molecule has 1 aromatic rings. The van der Waals surface area contributed by atoms with E-state index in [-0.39, 0.29) is 0 Å². The van der Waals surface area contributed by atoms with E-state index in [2.05, 4.69) is 40.3 Å². The third-order valence-corrected chi connectivity index (χ3v) is 3.40. The van der Waals surface area contributed by atoms with Crippen molar-refractivity contribution in [3.63, 3.8) is 0 Å². The summed E-state index contributed by atoms with van der Waals surface area (Å²) in [6.07, 6.45) is 4.31. The SMILES string of the molecule is CCNCC1CCN(c2cc(C)cnn2)CC1. The van der Waals surface area contributed by atoms with Crippen molar-refractivity contribution in [1.29, 1.82) is 0 Å². The van der Waals surface area contributed by atoms with Crippen LogP contribution in [-0.2, 0) is 0 Å². The Morgan fingerprint density at radius 3 is 2.82 bits per heavy atom. The maximum atomic E-state index is 4.21. The second-order valence-corrected chi connectivity index (χ2v) is 4.83. The molecule has 0 spiro atoms. The second kappa shape index (κ2) is 5.96. The molecule has 1 aliphatic heterocycles. The third-order valence-electron chi connectivity index (χ3n) is 3.40. The van der Waals surface area contributed by atoms with Gasteiger partial charge in [-0.2, -0.15) is 5.10 Å². The highest BCUT2D eigenvalue weighted by Gasteiger charge is 2.19. The summed E-state index contributed by atoms with van der Waals surface area (Å²) in [5, 5.41) is 11.7. The van der Waals surface area contributed by atoms with Crippen LogP contribution in [0.25, 0.3) is 0 Å². The molecule has 1 fully saturated rings. The summed E-state index contributed by atoms with van der Waals surface area (Å²) in [7, 11) is 0. The van der Waals surface area contributed by atoms with E-state index in [0.717, 1.165) is 37.9 Å². The lowest BCUT2D eigenvalue weighted by Gasteiger charge is -2.32. The normalized spacial score (nSPS) is 17.4. The van der Waals surface area contributed by atoms with Gasteiger partial charge >= 0.3 is 0 Å². The fourth-order valence-corrected chi connectivity index (χ4v) is 2.32. The van der Waals surface area contributed by atoms with Gasteiger partial charge in [0.15, 0.2) is 5.82 Å². The smallest absolute Gasteiger partial charge is 0.151 e. The van der Waals surface area contributed by atoms with Gasteiger partial charge in [0.2, 0.25) is 0 Å². The highest BCUT2D eigenvalue weighted by molar-refractivity contribution is 5.39. The molecule has 1 aliphatic rings. The van der Waals surface area contributed by atoms with Gasteiger partial charge in [-0.3, -0.25) is 0 Å². The van der Waals surface area contributed by atoms with Gasteiger partial charge in [-0.25, -0.2) is 0 Å². The summed E-state index contributed by atoms with van der Waals surface area (Å²) in [5.74, 6) is 1.86. The summed E-state index contributed by atoms with van der Waals surface area (Å²) < 4.78 is 0. The Morgan fingerprint density at radius 2 is 2.18 bits per heavy atom. The zero-order chi connectivity index (χ0) is 12.1. The van der Waals surface area contributed by atoms with E-state index in [4.69, 9.17) is 0 Å². The number of aromatic nitrogens is 2. The third kappa shape index (κ3) is 3.40. The maximum absolute atomic E-state index is 4.21. The minimum absolute atomic E-state index is 0.823. The average molecular weight is 234 g/mol. The summed E-state index contributed by atoms with van der Waals surface area (Å²) in [5.41, 5.74) is 1.18. The highest BCUT2D eigenvalue weighted by Crippen LogP contribution is 2.21. The fourth-order valence-electron chi connectivity index (χ4n) is 2.32. The Bertz CT molecular complexity index is 345. The monoisotopic (exact) mass is 234 g/mol. The molecule has 0 atom stereocenters. The molecule has 0 radical (unpaired) electrons. The van der Waals surface area contributed by atoms with E-state index < -0.39 is 0 Å². The number of hydrogen-bond acceptors (Lipinski definition) is 4. The van der Waals surface area contributed by atoms with Gasteiger partial charge in [-0.1, -0.05) is 6.92 Å². The van der Waals surface area contributed by atoms with Crippen LogP contribution < -0.4 is 10.2 Å². The van der Waals surface area contributed by atoms with Gasteiger partial charge in [0, 0.05) is 13.1 Å². The largest absolute Gasteiger partial charge is 0.355 e. The van der Waals surface area contributed by atoms with Gasteiger partial charge in [0.05, 0.1) is 6.20 Å². The molecule has 0 unspecified atom stereocenters. The molecule has 0 amide bonds. The Balaban J connectivity index is 1.86. The van der Waals surface area contributed by atoms with Crippen molar-refractivity contribution in [2.45, 2.75) is 26.7 Å². The molecule has 0 bridgehead atoms. The quantitative estimate of drug-likeness (QED) is 0.859. The van der Waals surface area contributed by atoms with Crippen molar-refractivity contribution in [3.05, 3.63) is 17.8 Å². The van der Waals surface area contributed by atoms with Gasteiger partial charge in [0.25, 0.3) is 0 Å². The Labute approximate surface area is 103 Å². The van der Waals surface area contributed by atoms with Crippen LogP contribution in [0, 0.1) is 12.8 Å². The van der Waals surface area contributed by atoms with Crippen LogP contribution in [0.5, 0.6) is 0 Å². The number of aryl methyl sites for hydroxylation is 1. The van der Waals surface area contributed by atoms with Crippen LogP contribution >= 0.6 is 0 Å². The first-order chi connectivity index (χ1) is 8.29. The lowest BCUT2D eigenvalue weighted by atomic mass is 9.97. The molecule has 2 heterocycles. The molecule has 1 aromatic heterocycles. The zero-order valence-electron chi connectivity index (χ0n) is 10.8. The zero-order valence-corrected chi connectivity index (χ0v) is 10.8. The lowest BCUT2D eigenvalue weighted by Crippen LogP contribution is -2.37. The van der Waals surface area contributed by atoms with Gasteiger partial charge < -0.3 is 10.2 Å². The minimum atomic E-state index is 0.823. The molecule has 0 saturated carbocycles. The molecule has 1 saturated heterocycles. The Kier molecular flexibility index (Phi) is 4.31. The molecule has 1 N–H and O–H groups in total. The van der Waals surface area contributed by atoms with Crippen molar-refractivity contribution < 1.29 is 0 Å². The van der Waals surface area contributed by atoms with Crippen molar-refractivity contribution in [1.82, 2.24) is 15.5 Å². The minimum Gasteiger partial charge on any atom is -0.355 e. The first kappa shape index (κ1) is 12.3. The maximum Gasteiger partial charge on any atom is 0.151 e. The lowest BCUT2D eigenvalue weighted by molar-refractivity contribution is 0.385. The summed E-state index contributed by atoms with van der Waals surface area (Å²) in [6.45, 7) is 8.67. The molecule has 2 rings (SSSR count). The van der Waals surface area contributed by atoms with Crippen molar-refractivity contribution >= 4 is 5.82 Å². The van der Waals surface area contributed by atoms with E-state index >= 15 is 0 Å². The van der Waals surface area contributed by atoms with Gasteiger partial charge in [-0.05, 0) is 50.4 Å². The van der Waals surface area contributed by atoms with Crippen molar-refractivity contribution in [2.75, 3.05) is 31.1 Å². The van der Waals surface area contributed by atoms with E-state index in [0.29, 0.717) is 0 Å². The Morgan fingerprint density at radius 1 is 1.41 bits per heavy atom. The number of nitrogens with one attached hydrogen (secondary N) is 1. The van der Waals surface area contributed by atoms with Crippen molar-refractivity contribution in [3.8, 4) is 0 Å². The molecular weight excluding hydrogens is 212 g/mol. The number of piperidine rings is 1. The van der Waals surface area contributed by atoms with Crippen LogP contribution in [0.4, 0.5) is 5.82 Å². The van der Waals surface area contributed by atoms with Gasteiger partial charge in [0.1, 0.15) is 0 Å². The number of rotatable bonds is 4. The molecule has 17 heavy (non-hydrogen) atoms. The van der Waals surface area contributed by atoms with Crippen molar-refractivity contribution in [2.24, 2.45) is 5.92 Å². The van der Waals surface area contributed by atoms with Crippen LogP contribution in [-0.4, -0.2) is 36.4 Å². The standard InChI is InChI=1S/C13H22N4/c1-3-14-10-12-4-6-17(7-5-12)13-8-11(2)9-15-16-13/h8-9,12,14H,3-7,10H2,1-2H3. The van der Waals surface area contributed by atoms with Crippen LogP contribution in [0.15, 0.2) is 12.3 Å². The fraction of sp³-hybridized carbons (Fsp3) is 0.692. The molecule has 4 heteroatoms. The van der Waals surface area contributed by atoms with Crippen LogP contribution in [0.2, 0.25) is 0 Å². The van der Waals surface area contributed by atoms with E-state index in [1.807, 2.05) is 0 Å². The summed E-state index contributed by atoms with van der Waals surface area (Å²) in [4.78, 5) is 2.35. The first-order valence-electron chi connectivity index (χ1n) is 6.54. The predicted molar refractivity (Wildman–Crippen MR) is 70.2 cm³/mol. The average Bonchev–Trinajstić information content (AvgIpc) is 2.37. The Hall–Kier alpha value is -1.16. The van der Waals surface area contributed by atoms with Crippen LogP contribution in [0.1, 0.15) is 25.3 Å².